The molecule has 0 spiro atoms. The molecule has 1 aromatic carbocycles. The van der Waals surface area contributed by atoms with Crippen molar-refractivity contribution in [3.63, 3.8) is 0 Å². The first-order chi connectivity index (χ1) is 11.9. The number of carbonyl (C=O) groups excluding carboxylic acids is 2. The van der Waals surface area contributed by atoms with Gasteiger partial charge >= 0.3 is 0 Å². The number of anilines is 1. The number of benzene rings is 1. The van der Waals surface area contributed by atoms with Crippen LogP contribution in [0.3, 0.4) is 0 Å². The summed E-state index contributed by atoms with van der Waals surface area (Å²) in [5, 5.41) is 4.92. The Hall–Kier alpha value is -2.34. The highest BCUT2D eigenvalue weighted by Gasteiger charge is 2.30. The largest absolute Gasteiger partial charge is 0.367 e. The first kappa shape index (κ1) is 17.5. The second kappa shape index (κ2) is 6.88. The Labute approximate surface area is 152 Å². The molecular weight excluding hydrogens is 340 g/mol. The van der Waals surface area contributed by atoms with E-state index >= 15 is 0 Å². The molecule has 1 aliphatic heterocycles. The molecule has 2 heterocycles. The summed E-state index contributed by atoms with van der Waals surface area (Å²) in [7, 11) is 1.77. The fourth-order valence-electron chi connectivity index (χ4n) is 3.21. The zero-order chi connectivity index (χ0) is 18.1. The number of carbonyl (C=O) groups is 2. The predicted octanol–water partition coefficient (Wildman–Crippen LogP) is 2.22. The number of para-hydroxylation sites is 1. The fraction of sp³-hybridized carbons (Fsp3) is 0.389. The summed E-state index contributed by atoms with van der Waals surface area (Å²) in [6, 6.07) is 7.65. The minimum absolute atomic E-state index is 0.418. The monoisotopic (exact) mass is 360 g/mol. The quantitative estimate of drug-likeness (QED) is 0.622. The van der Waals surface area contributed by atoms with Gasteiger partial charge < -0.3 is 9.80 Å². The molecule has 132 valence electrons. The van der Waals surface area contributed by atoms with Crippen molar-refractivity contribution in [2.45, 2.75) is 13.8 Å². The second-order valence-corrected chi connectivity index (χ2v) is 6.64. The maximum absolute atomic E-state index is 12.6. The van der Waals surface area contributed by atoms with Gasteiger partial charge in [0.1, 0.15) is 0 Å². The van der Waals surface area contributed by atoms with E-state index in [2.05, 4.69) is 10.00 Å². The van der Waals surface area contributed by atoms with Gasteiger partial charge in [0.05, 0.1) is 22.0 Å². The van der Waals surface area contributed by atoms with Gasteiger partial charge in [-0.25, -0.2) is 0 Å². The van der Waals surface area contributed by atoms with E-state index in [1.165, 1.54) is 0 Å². The summed E-state index contributed by atoms with van der Waals surface area (Å²) in [4.78, 5) is 29.0. The first-order valence-corrected chi connectivity index (χ1v) is 8.61. The molecular formula is C18H21ClN4O2. The van der Waals surface area contributed by atoms with E-state index in [0.717, 1.165) is 5.69 Å². The molecule has 7 heteroatoms. The lowest BCUT2D eigenvalue weighted by atomic mass is 10.1. The van der Waals surface area contributed by atoms with Gasteiger partial charge in [0.15, 0.2) is 0 Å². The van der Waals surface area contributed by atoms with E-state index in [0.29, 0.717) is 48.2 Å². The number of Topliss-reactive ketones (excluding diaryl/α,β-unsaturated/α-hetero) is 1. The third kappa shape index (κ3) is 3.26. The summed E-state index contributed by atoms with van der Waals surface area (Å²) < 4.78 is 1.63. The number of aryl methyl sites for hydroxylation is 2. The summed E-state index contributed by atoms with van der Waals surface area (Å²) in [6.45, 7) is 5.84. The number of aromatic nitrogens is 2. The van der Waals surface area contributed by atoms with E-state index in [1.54, 1.807) is 30.5 Å². The van der Waals surface area contributed by atoms with Gasteiger partial charge in [0.2, 0.25) is 0 Å². The summed E-state index contributed by atoms with van der Waals surface area (Å²) in [5.74, 6) is -0.938. The van der Waals surface area contributed by atoms with Crippen molar-refractivity contribution in [2.75, 3.05) is 31.1 Å². The van der Waals surface area contributed by atoms with Crippen molar-refractivity contribution < 1.29 is 9.59 Å². The number of ketones is 1. The maximum Gasteiger partial charge on any atom is 0.295 e. The molecule has 6 nitrogen and oxygen atoms in total. The maximum atomic E-state index is 12.6. The van der Waals surface area contributed by atoms with Crippen LogP contribution in [0.5, 0.6) is 0 Å². The van der Waals surface area contributed by atoms with Gasteiger partial charge in [0, 0.05) is 38.9 Å². The summed E-state index contributed by atoms with van der Waals surface area (Å²) >= 11 is 6.24. The lowest BCUT2D eigenvalue weighted by molar-refractivity contribution is -0.126. The van der Waals surface area contributed by atoms with Crippen LogP contribution >= 0.6 is 11.6 Å². The van der Waals surface area contributed by atoms with Crippen LogP contribution in [-0.4, -0.2) is 52.5 Å². The van der Waals surface area contributed by atoms with E-state index in [9.17, 15) is 9.59 Å². The van der Waals surface area contributed by atoms with E-state index in [4.69, 9.17) is 11.6 Å². The number of rotatable bonds is 3. The van der Waals surface area contributed by atoms with Crippen molar-refractivity contribution in [2.24, 2.45) is 7.05 Å². The zero-order valence-corrected chi connectivity index (χ0v) is 15.4. The molecule has 0 radical (unpaired) electrons. The van der Waals surface area contributed by atoms with E-state index in [-0.39, 0.29) is 0 Å². The molecule has 25 heavy (non-hydrogen) atoms. The van der Waals surface area contributed by atoms with Crippen molar-refractivity contribution in [3.05, 3.63) is 46.2 Å². The Balaban J connectivity index is 1.69. The molecule has 0 saturated carbocycles. The van der Waals surface area contributed by atoms with Crippen LogP contribution in [-0.2, 0) is 11.8 Å². The minimum Gasteiger partial charge on any atom is -0.367 e. The Morgan fingerprint density at radius 2 is 1.72 bits per heavy atom. The molecule has 0 aliphatic carbocycles. The summed E-state index contributed by atoms with van der Waals surface area (Å²) in [5.41, 5.74) is 2.68. The number of hydrogen-bond donors (Lipinski definition) is 0. The Morgan fingerprint density at radius 1 is 1.08 bits per heavy atom. The van der Waals surface area contributed by atoms with Crippen LogP contribution in [0.1, 0.15) is 21.7 Å². The van der Waals surface area contributed by atoms with Gasteiger partial charge in [-0.05, 0) is 26.0 Å². The van der Waals surface area contributed by atoms with Crippen molar-refractivity contribution in [1.29, 1.82) is 0 Å². The van der Waals surface area contributed by atoms with Crippen LogP contribution in [0.4, 0.5) is 5.69 Å². The Kier molecular flexibility index (Phi) is 4.81. The second-order valence-electron chi connectivity index (χ2n) is 6.23. The fourth-order valence-corrected chi connectivity index (χ4v) is 3.47. The minimum atomic E-state index is -0.478. The highest BCUT2D eigenvalue weighted by molar-refractivity contribution is 6.43. The van der Waals surface area contributed by atoms with Gasteiger partial charge in [-0.3, -0.25) is 14.3 Å². The molecule has 0 atom stereocenters. The molecule has 0 unspecified atom stereocenters. The van der Waals surface area contributed by atoms with Crippen LogP contribution in [0, 0.1) is 13.8 Å². The first-order valence-electron chi connectivity index (χ1n) is 8.23. The van der Waals surface area contributed by atoms with Crippen molar-refractivity contribution in [3.8, 4) is 0 Å². The molecule has 1 fully saturated rings. The smallest absolute Gasteiger partial charge is 0.295 e. The molecule has 0 N–H and O–H groups in total. The van der Waals surface area contributed by atoms with Gasteiger partial charge in [-0.15, -0.1) is 0 Å². The normalized spacial score (nSPS) is 14.7. The molecule has 3 rings (SSSR count). The SMILES string of the molecule is Cc1nn(C)c(C)c1C(=O)C(=O)N1CCN(c2ccccc2Cl)CC1. The lowest BCUT2D eigenvalue weighted by Gasteiger charge is -2.36. The average molecular weight is 361 g/mol. The topological polar surface area (TPSA) is 58.4 Å². The summed E-state index contributed by atoms with van der Waals surface area (Å²) in [6.07, 6.45) is 0. The lowest BCUT2D eigenvalue weighted by Crippen LogP contribution is -2.50. The highest BCUT2D eigenvalue weighted by Crippen LogP contribution is 2.26. The average Bonchev–Trinajstić information content (AvgIpc) is 2.86. The van der Waals surface area contributed by atoms with Crippen LogP contribution in [0.15, 0.2) is 24.3 Å². The standard InChI is InChI=1S/C18H21ClN4O2/c1-12-16(13(2)21(3)20-12)17(24)18(25)23-10-8-22(9-11-23)15-7-5-4-6-14(15)19/h4-7H,8-11H2,1-3H3. The molecule has 1 aliphatic rings. The van der Waals surface area contributed by atoms with Gasteiger partial charge in [0.25, 0.3) is 11.7 Å². The Morgan fingerprint density at radius 3 is 2.28 bits per heavy atom. The number of amides is 1. The molecule has 2 aromatic rings. The van der Waals surface area contributed by atoms with Crippen molar-refractivity contribution in [1.82, 2.24) is 14.7 Å². The number of hydrogen-bond acceptors (Lipinski definition) is 4. The van der Waals surface area contributed by atoms with Crippen molar-refractivity contribution >= 4 is 29.0 Å². The third-order valence-electron chi connectivity index (χ3n) is 4.69. The number of nitrogens with zero attached hydrogens (tertiary/aromatic N) is 4. The molecule has 0 bridgehead atoms. The number of piperazine rings is 1. The van der Waals surface area contributed by atoms with Crippen LogP contribution in [0.2, 0.25) is 5.02 Å². The van der Waals surface area contributed by atoms with Gasteiger partial charge in [-0.1, -0.05) is 23.7 Å². The Bertz CT molecular complexity index is 822. The molecule has 1 amide bonds. The predicted molar refractivity (Wildman–Crippen MR) is 97.3 cm³/mol. The van der Waals surface area contributed by atoms with E-state index in [1.807, 2.05) is 24.3 Å². The zero-order valence-electron chi connectivity index (χ0n) is 14.6. The van der Waals surface area contributed by atoms with E-state index < -0.39 is 11.7 Å². The van der Waals surface area contributed by atoms with Crippen LogP contribution < -0.4 is 4.90 Å². The molecule has 1 aromatic heterocycles. The third-order valence-corrected chi connectivity index (χ3v) is 5.01. The van der Waals surface area contributed by atoms with Gasteiger partial charge in [-0.2, -0.15) is 5.10 Å². The number of halogens is 1. The van der Waals surface area contributed by atoms with Crippen LogP contribution in [0.25, 0.3) is 0 Å². The highest BCUT2D eigenvalue weighted by atomic mass is 35.5. The molecule has 1 saturated heterocycles.